The minimum absolute atomic E-state index is 0.295. The van der Waals surface area contributed by atoms with Crippen LogP contribution >= 0.6 is 0 Å². The number of nitrogens with zero attached hydrogens (tertiary/aromatic N) is 3. The van der Waals surface area contributed by atoms with Crippen molar-refractivity contribution in [2.24, 2.45) is 0 Å². The van der Waals surface area contributed by atoms with Crippen LogP contribution in [0.15, 0.2) is 6.33 Å². The topological polar surface area (TPSA) is 29.0 Å². The molecule has 0 amide bonds. The molecular formula is C9H12FN3. The van der Waals surface area contributed by atoms with Crippen LogP contribution in [0.5, 0.6) is 0 Å². The number of hydrogen-bond donors (Lipinski definition) is 0. The first-order chi connectivity index (χ1) is 6.20. The van der Waals surface area contributed by atoms with Crippen LogP contribution in [0.4, 0.5) is 10.2 Å². The maximum Gasteiger partial charge on any atom is 0.186 e. The molecule has 70 valence electrons. The Balaban J connectivity index is 2.32. The highest BCUT2D eigenvalue weighted by Crippen LogP contribution is 2.30. The molecule has 1 heterocycles. The molecule has 1 aliphatic carbocycles. The van der Waals surface area contributed by atoms with Crippen molar-refractivity contribution in [3.05, 3.63) is 17.8 Å². The van der Waals surface area contributed by atoms with E-state index in [0.717, 1.165) is 12.8 Å². The number of halogens is 1. The summed E-state index contributed by atoms with van der Waals surface area (Å²) in [7, 11) is 1.88. The van der Waals surface area contributed by atoms with Crippen LogP contribution in [0.2, 0.25) is 0 Å². The van der Waals surface area contributed by atoms with Crippen molar-refractivity contribution in [3.8, 4) is 0 Å². The molecule has 1 aromatic heterocycles. The van der Waals surface area contributed by atoms with Gasteiger partial charge in [-0.1, -0.05) is 0 Å². The maximum absolute atomic E-state index is 13.5. The quantitative estimate of drug-likeness (QED) is 0.692. The molecule has 0 atom stereocenters. The van der Waals surface area contributed by atoms with E-state index in [1.807, 2.05) is 11.9 Å². The molecule has 4 heteroatoms. The van der Waals surface area contributed by atoms with Crippen LogP contribution in [-0.2, 0) is 0 Å². The van der Waals surface area contributed by atoms with Gasteiger partial charge in [-0.3, -0.25) is 0 Å². The van der Waals surface area contributed by atoms with Crippen LogP contribution in [0.3, 0.4) is 0 Å². The lowest BCUT2D eigenvalue weighted by Crippen LogP contribution is -2.22. The molecule has 1 fully saturated rings. The van der Waals surface area contributed by atoms with Crippen molar-refractivity contribution in [2.45, 2.75) is 25.8 Å². The van der Waals surface area contributed by atoms with Gasteiger partial charge in [0.1, 0.15) is 6.33 Å². The summed E-state index contributed by atoms with van der Waals surface area (Å²) in [5.41, 5.74) is 0.414. The minimum atomic E-state index is -0.295. The molecule has 13 heavy (non-hydrogen) atoms. The molecule has 1 saturated carbocycles. The lowest BCUT2D eigenvalue weighted by atomic mass is 10.4. The molecule has 2 rings (SSSR count). The zero-order valence-electron chi connectivity index (χ0n) is 7.79. The zero-order valence-corrected chi connectivity index (χ0v) is 7.79. The average molecular weight is 181 g/mol. The van der Waals surface area contributed by atoms with Crippen LogP contribution in [-0.4, -0.2) is 23.1 Å². The van der Waals surface area contributed by atoms with Crippen molar-refractivity contribution < 1.29 is 4.39 Å². The SMILES string of the molecule is Cc1ncnc(N(C)C2CC2)c1F. The van der Waals surface area contributed by atoms with Crippen LogP contribution < -0.4 is 4.90 Å². The molecule has 0 spiro atoms. The maximum atomic E-state index is 13.5. The van der Waals surface area contributed by atoms with Crippen molar-refractivity contribution in [3.63, 3.8) is 0 Å². The van der Waals surface area contributed by atoms with Gasteiger partial charge in [-0.15, -0.1) is 0 Å². The summed E-state index contributed by atoms with van der Waals surface area (Å²) in [6.07, 6.45) is 3.69. The van der Waals surface area contributed by atoms with Gasteiger partial charge in [0.15, 0.2) is 11.6 Å². The van der Waals surface area contributed by atoms with E-state index in [1.165, 1.54) is 6.33 Å². The van der Waals surface area contributed by atoms with E-state index in [1.54, 1.807) is 6.92 Å². The van der Waals surface area contributed by atoms with Gasteiger partial charge in [0.25, 0.3) is 0 Å². The Morgan fingerprint density at radius 2 is 2.15 bits per heavy atom. The van der Waals surface area contributed by atoms with E-state index in [-0.39, 0.29) is 5.82 Å². The van der Waals surface area contributed by atoms with Crippen molar-refractivity contribution >= 4 is 5.82 Å². The summed E-state index contributed by atoms with van der Waals surface area (Å²) in [6.45, 7) is 1.65. The summed E-state index contributed by atoms with van der Waals surface area (Å²) < 4.78 is 13.5. The second kappa shape index (κ2) is 2.94. The Bertz CT molecular complexity index is 323. The lowest BCUT2D eigenvalue weighted by molar-refractivity contribution is 0.595. The third kappa shape index (κ3) is 1.48. The van der Waals surface area contributed by atoms with Crippen LogP contribution in [0.25, 0.3) is 0 Å². The standard InChI is InChI=1S/C9H12FN3/c1-6-8(10)9(12-5-11-6)13(2)7-3-4-7/h5,7H,3-4H2,1-2H3. The van der Waals surface area contributed by atoms with E-state index >= 15 is 0 Å². The molecule has 0 bridgehead atoms. The second-order valence-corrected chi connectivity index (χ2v) is 3.44. The van der Waals surface area contributed by atoms with E-state index in [9.17, 15) is 4.39 Å². The van der Waals surface area contributed by atoms with Gasteiger partial charge in [-0.25, -0.2) is 14.4 Å². The molecule has 0 aromatic carbocycles. The van der Waals surface area contributed by atoms with Gasteiger partial charge in [0.2, 0.25) is 0 Å². The van der Waals surface area contributed by atoms with Crippen molar-refractivity contribution in [1.82, 2.24) is 9.97 Å². The normalized spacial score (nSPS) is 15.9. The van der Waals surface area contributed by atoms with Crippen molar-refractivity contribution in [2.75, 3.05) is 11.9 Å². The van der Waals surface area contributed by atoms with Gasteiger partial charge in [-0.2, -0.15) is 0 Å². The largest absolute Gasteiger partial charge is 0.354 e. The molecular weight excluding hydrogens is 169 g/mol. The molecule has 1 aromatic rings. The fourth-order valence-corrected chi connectivity index (χ4v) is 1.33. The third-order valence-corrected chi connectivity index (χ3v) is 2.37. The highest BCUT2D eigenvalue weighted by atomic mass is 19.1. The molecule has 0 unspecified atom stereocenters. The fourth-order valence-electron chi connectivity index (χ4n) is 1.33. The Hall–Kier alpha value is -1.19. The smallest absolute Gasteiger partial charge is 0.186 e. The zero-order chi connectivity index (χ0) is 9.42. The second-order valence-electron chi connectivity index (χ2n) is 3.44. The summed E-state index contributed by atoms with van der Waals surface area (Å²) in [5.74, 6) is 0.131. The highest BCUT2D eigenvalue weighted by molar-refractivity contribution is 5.42. The van der Waals surface area contributed by atoms with Crippen LogP contribution in [0.1, 0.15) is 18.5 Å². The summed E-state index contributed by atoms with van der Waals surface area (Å²) in [4.78, 5) is 9.62. The van der Waals surface area contributed by atoms with Gasteiger partial charge in [0, 0.05) is 13.1 Å². The van der Waals surface area contributed by atoms with Gasteiger partial charge < -0.3 is 4.90 Å². The van der Waals surface area contributed by atoms with Crippen LogP contribution in [0, 0.1) is 12.7 Å². The predicted molar refractivity (Wildman–Crippen MR) is 48.2 cm³/mol. The number of aromatic nitrogens is 2. The predicted octanol–water partition coefficient (Wildman–Crippen LogP) is 1.52. The molecule has 3 nitrogen and oxygen atoms in total. The van der Waals surface area contributed by atoms with Gasteiger partial charge in [0.05, 0.1) is 5.69 Å². The molecule has 0 N–H and O–H groups in total. The first kappa shape index (κ1) is 8.41. The summed E-state index contributed by atoms with van der Waals surface area (Å²) in [5, 5.41) is 0. The monoisotopic (exact) mass is 181 g/mol. The Morgan fingerprint density at radius 3 is 2.77 bits per heavy atom. The van der Waals surface area contributed by atoms with E-state index < -0.39 is 0 Å². The van der Waals surface area contributed by atoms with E-state index in [0.29, 0.717) is 17.6 Å². The number of rotatable bonds is 2. The fraction of sp³-hybridized carbons (Fsp3) is 0.556. The summed E-state index contributed by atoms with van der Waals surface area (Å²) in [6, 6.07) is 0.476. The van der Waals surface area contributed by atoms with E-state index in [2.05, 4.69) is 9.97 Å². The lowest BCUT2D eigenvalue weighted by Gasteiger charge is -2.17. The first-order valence-corrected chi connectivity index (χ1v) is 4.40. The Morgan fingerprint density at radius 1 is 1.46 bits per heavy atom. The summed E-state index contributed by atoms with van der Waals surface area (Å²) >= 11 is 0. The first-order valence-electron chi connectivity index (χ1n) is 4.40. The number of hydrogen-bond acceptors (Lipinski definition) is 3. The Kier molecular flexibility index (Phi) is 1.90. The molecule has 0 aliphatic heterocycles. The highest BCUT2D eigenvalue weighted by Gasteiger charge is 2.29. The minimum Gasteiger partial charge on any atom is -0.354 e. The molecule has 1 aliphatic rings. The Labute approximate surface area is 76.6 Å². The van der Waals surface area contributed by atoms with Gasteiger partial charge >= 0.3 is 0 Å². The number of anilines is 1. The average Bonchev–Trinajstić information content (AvgIpc) is 2.91. The van der Waals surface area contributed by atoms with E-state index in [4.69, 9.17) is 0 Å². The molecule has 0 radical (unpaired) electrons. The number of aryl methyl sites for hydroxylation is 1. The molecule has 0 saturated heterocycles. The van der Waals surface area contributed by atoms with Crippen molar-refractivity contribution in [1.29, 1.82) is 0 Å². The van der Waals surface area contributed by atoms with Gasteiger partial charge in [-0.05, 0) is 19.8 Å². The third-order valence-electron chi connectivity index (χ3n) is 2.37.